The van der Waals surface area contributed by atoms with Crippen molar-refractivity contribution < 1.29 is 4.79 Å². The van der Waals surface area contributed by atoms with Crippen molar-refractivity contribution >= 4 is 16.7 Å². The van der Waals surface area contributed by atoms with E-state index >= 15 is 0 Å². The summed E-state index contributed by atoms with van der Waals surface area (Å²) in [5.41, 5.74) is 3.05. The molecular weight excluding hydrogens is 246 g/mol. The summed E-state index contributed by atoms with van der Waals surface area (Å²) in [5, 5.41) is 1.10. The van der Waals surface area contributed by atoms with Crippen molar-refractivity contribution in [3.8, 4) is 0 Å². The molecule has 2 aliphatic rings. The molecule has 0 aliphatic heterocycles. The first-order chi connectivity index (χ1) is 9.72. The predicted molar refractivity (Wildman–Crippen MR) is 80.9 cm³/mol. The molecule has 2 saturated carbocycles. The zero-order valence-electron chi connectivity index (χ0n) is 12.0. The standard InChI is InChI=1S/C18H21NO/c1-11-18(15-4-2-3-5-16(15)19-11)17(20)10-14-9-12-6-7-13(14)8-12/h2-5,12-14,19H,6-10H2,1H3. The van der Waals surface area contributed by atoms with Crippen molar-refractivity contribution in [3.63, 3.8) is 0 Å². The number of fused-ring (bicyclic) bond motifs is 3. The molecule has 0 radical (unpaired) electrons. The first kappa shape index (κ1) is 12.2. The molecule has 2 fully saturated rings. The second-order valence-corrected chi connectivity index (χ2v) is 6.73. The summed E-state index contributed by atoms with van der Waals surface area (Å²) in [6.45, 7) is 2.02. The van der Waals surface area contributed by atoms with E-state index in [2.05, 4.69) is 17.1 Å². The van der Waals surface area contributed by atoms with Crippen LogP contribution in [0.2, 0.25) is 0 Å². The highest BCUT2D eigenvalue weighted by molar-refractivity contribution is 6.09. The Labute approximate surface area is 119 Å². The lowest BCUT2D eigenvalue weighted by Gasteiger charge is -2.20. The highest BCUT2D eigenvalue weighted by atomic mass is 16.1. The average molecular weight is 267 g/mol. The largest absolute Gasteiger partial charge is 0.358 e. The number of ketones is 1. The average Bonchev–Trinajstić information content (AvgIpc) is 3.10. The number of para-hydroxylation sites is 1. The van der Waals surface area contributed by atoms with Crippen molar-refractivity contribution in [3.05, 3.63) is 35.5 Å². The lowest BCUT2D eigenvalue weighted by Crippen LogP contribution is -2.15. The Balaban J connectivity index is 1.62. The molecule has 4 rings (SSSR count). The SMILES string of the molecule is Cc1[nH]c2ccccc2c1C(=O)CC1CC2CCC1C2. The third-order valence-electron chi connectivity index (χ3n) is 5.50. The van der Waals surface area contributed by atoms with Crippen LogP contribution in [0.15, 0.2) is 24.3 Å². The molecule has 2 aliphatic carbocycles. The minimum absolute atomic E-state index is 0.345. The second-order valence-electron chi connectivity index (χ2n) is 6.73. The maximum absolute atomic E-state index is 12.8. The molecule has 3 atom stereocenters. The van der Waals surface area contributed by atoms with Gasteiger partial charge in [0.2, 0.25) is 0 Å². The molecule has 3 unspecified atom stereocenters. The summed E-state index contributed by atoms with van der Waals surface area (Å²) in [6.07, 6.45) is 6.18. The molecule has 0 spiro atoms. The van der Waals surface area contributed by atoms with Gasteiger partial charge >= 0.3 is 0 Å². The molecule has 2 bridgehead atoms. The van der Waals surface area contributed by atoms with Gasteiger partial charge in [-0.1, -0.05) is 24.6 Å². The first-order valence-corrected chi connectivity index (χ1v) is 7.83. The van der Waals surface area contributed by atoms with Gasteiger partial charge in [-0.2, -0.15) is 0 Å². The fourth-order valence-corrected chi connectivity index (χ4v) is 4.60. The zero-order chi connectivity index (χ0) is 13.7. The van der Waals surface area contributed by atoms with Crippen LogP contribution in [0.5, 0.6) is 0 Å². The summed E-state index contributed by atoms with van der Waals surface area (Å²) in [7, 11) is 0. The Morgan fingerprint density at radius 1 is 1.25 bits per heavy atom. The van der Waals surface area contributed by atoms with Gasteiger partial charge in [0.25, 0.3) is 0 Å². The van der Waals surface area contributed by atoms with Crippen molar-refractivity contribution in [1.82, 2.24) is 4.98 Å². The van der Waals surface area contributed by atoms with E-state index in [4.69, 9.17) is 0 Å². The highest BCUT2D eigenvalue weighted by Gasteiger charge is 2.40. The Morgan fingerprint density at radius 3 is 2.85 bits per heavy atom. The smallest absolute Gasteiger partial charge is 0.165 e. The number of hydrogen-bond acceptors (Lipinski definition) is 1. The van der Waals surface area contributed by atoms with Gasteiger partial charge in [0.1, 0.15) is 0 Å². The summed E-state index contributed by atoms with van der Waals surface area (Å²) in [4.78, 5) is 16.1. The number of rotatable bonds is 3. The van der Waals surface area contributed by atoms with Crippen LogP contribution < -0.4 is 0 Å². The van der Waals surface area contributed by atoms with E-state index in [9.17, 15) is 4.79 Å². The maximum atomic E-state index is 12.8. The van der Waals surface area contributed by atoms with Crippen LogP contribution in [-0.2, 0) is 0 Å². The normalized spacial score (nSPS) is 28.4. The quantitative estimate of drug-likeness (QED) is 0.817. The zero-order valence-corrected chi connectivity index (χ0v) is 12.0. The molecule has 1 N–H and O–H groups in total. The molecular formula is C18H21NO. The first-order valence-electron chi connectivity index (χ1n) is 7.83. The number of hydrogen-bond donors (Lipinski definition) is 1. The van der Waals surface area contributed by atoms with E-state index < -0.39 is 0 Å². The molecule has 2 aromatic rings. The third kappa shape index (κ3) is 1.81. The van der Waals surface area contributed by atoms with Crippen LogP contribution >= 0.6 is 0 Å². The second kappa shape index (κ2) is 4.47. The fourth-order valence-electron chi connectivity index (χ4n) is 4.60. The van der Waals surface area contributed by atoms with Crippen LogP contribution in [0.1, 0.15) is 48.2 Å². The Bertz CT molecular complexity index is 669. The lowest BCUT2D eigenvalue weighted by atomic mass is 9.84. The van der Waals surface area contributed by atoms with Crippen LogP contribution in [0.3, 0.4) is 0 Å². The number of benzene rings is 1. The Morgan fingerprint density at radius 2 is 2.10 bits per heavy atom. The van der Waals surface area contributed by atoms with E-state index in [0.717, 1.165) is 40.4 Å². The monoisotopic (exact) mass is 267 g/mol. The van der Waals surface area contributed by atoms with Crippen molar-refractivity contribution in [1.29, 1.82) is 0 Å². The molecule has 1 aromatic carbocycles. The summed E-state index contributed by atoms with van der Waals surface area (Å²) in [5.74, 6) is 2.74. The van der Waals surface area contributed by atoms with E-state index in [1.807, 2.05) is 19.1 Å². The number of H-pyrrole nitrogens is 1. The Hall–Kier alpha value is -1.57. The number of aromatic nitrogens is 1. The molecule has 2 nitrogen and oxygen atoms in total. The van der Waals surface area contributed by atoms with Crippen LogP contribution in [0, 0.1) is 24.7 Å². The van der Waals surface area contributed by atoms with Crippen molar-refractivity contribution in [2.75, 3.05) is 0 Å². The van der Waals surface area contributed by atoms with Crippen LogP contribution in [0.25, 0.3) is 10.9 Å². The van der Waals surface area contributed by atoms with Gasteiger partial charge in [0, 0.05) is 28.6 Å². The Kier molecular flexibility index (Phi) is 2.73. The highest BCUT2D eigenvalue weighted by Crippen LogP contribution is 2.50. The topological polar surface area (TPSA) is 32.9 Å². The van der Waals surface area contributed by atoms with Crippen LogP contribution in [0.4, 0.5) is 0 Å². The molecule has 20 heavy (non-hydrogen) atoms. The number of aromatic amines is 1. The van der Waals surface area contributed by atoms with E-state index in [0.29, 0.717) is 11.7 Å². The molecule has 2 heteroatoms. The van der Waals surface area contributed by atoms with E-state index in [1.54, 1.807) is 0 Å². The van der Waals surface area contributed by atoms with Gasteiger partial charge in [-0.15, -0.1) is 0 Å². The molecule has 0 amide bonds. The molecule has 1 heterocycles. The summed E-state index contributed by atoms with van der Waals surface area (Å²) in [6, 6.07) is 8.15. The lowest BCUT2D eigenvalue weighted by molar-refractivity contribution is 0.0945. The fraction of sp³-hybridized carbons (Fsp3) is 0.500. The van der Waals surface area contributed by atoms with Crippen molar-refractivity contribution in [2.45, 2.75) is 39.0 Å². The number of carbonyl (C=O) groups excluding carboxylic acids is 1. The molecule has 104 valence electrons. The van der Waals surface area contributed by atoms with E-state index in [1.165, 1.54) is 25.7 Å². The third-order valence-corrected chi connectivity index (χ3v) is 5.50. The van der Waals surface area contributed by atoms with Crippen LogP contribution in [-0.4, -0.2) is 10.8 Å². The summed E-state index contributed by atoms with van der Waals surface area (Å²) < 4.78 is 0. The number of Topliss-reactive ketones (excluding diaryl/α,β-unsaturated/α-hetero) is 1. The minimum Gasteiger partial charge on any atom is -0.358 e. The summed E-state index contributed by atoms with van der Waals surface area (Å²) >= 11 is 0. The maximum Gasteiger partial charge on any atom is 0.165 e. The van der Waals surface area contributed by atoms with Gasteiger partial charge in [-0.3, -0.25) is 4.79 Å². The van der Waals surface area contributed by atoms with Gasteiger partial charge in [-0.25, -0.2) is 0 Å². The molecule has 1 aromatic heterocycles. The van der Waals surface area contributed by atoms with Gasteiger partial charge in [0.15, 0.2) is 5.78 Å². The molecule has 0 saturated heterocycles. The minimum atomic E-state index is 0.345. The van der Waals surface area contributed by atoms with Gasteiger partial charge < -0.3 is 4.98 Å². The van der Waals surface area contributed by atoms with E-state index in [-0.39, 0.29) is 0 Å². The van der Waals surface area contributed by atoms with Crippen molar-refractivity contribution in [2.24, 2.45) is 17.8 Å². The van der Waals surface area contributed by atoms with Gasteiger partial charge in [-0.05, 0) is 50.0 Å². The predicted octanol–water partition coefficient (Wildman–Crippen LogP) is 4.49. The number of aryl methyl sites for hydroxylation is 1. The number of carbonyl (C=O) groups is 1. The number of nitrogens with one attached hydrogen (secondary N) is 1. The van der Waals surface area contributed by atoms with Gasteiger partial charge in [0.05, 0.1) is 0 Å².